The van der Waals surface area contributed by atoms with Gasteiger partial charge in [-0.25, -0.2) is 0 Å². The highest BCUT2D eigenvalue weighted by molar-refractivity contribution is 9.10. The Labute approximate surface area is 185 Å². The third-order valence-corrected chi connectivity index (χ3v) is 5.79. The fourth-order valence-electron chi connectivity index (χ4n) is 3.42. The molecule has 4 nitrogen and oxygen atoms in total. The molecule has 0 bridgehead atoms. The monoisotopic (exact) mass is 462 g/mol. The molecule has 30 heavy (non-hydrogen) atoms. The smallest absolute Gasteiger partial charge is 0.119 e. The van der Waals surface area contributed by atoms with Crippen LogP contribution >= 0.6 is 15.9 Å². The second-order valence-electron chi connectivity index (χ2n) is 7.12. The molecule has 0 amide bonds. The van der Waals surface area contributed by atoms with Crippen molar-refractivity contribution in [3.8, 4) is 34.0 Å². The van der Waals surface area contributed by atoms with Gasteiger partial charge in [-0.15, -0.1) is 0 Å². The van der Waals surface area contributed by atoms with Gasteiger partial charge < -0.3 is 9.47 Å². The van der Waals surface area contributed by atoms with Crippen LogP contribution in [0.15, 0.2) is 77.3 Å². The number of benzene rings is 3. The number of aromatic nitrogens is 2. The largest absolute Gasteiger partial charge is 0.497 e. The summed E-state index contributed by atoms with van der Waals surface area (Å²) in [6, 6.07) is 24.5. The van der Waals surface area contributed by atoms with Gasteiger partial charge >= 0.3 is 0 Å². The first-order chi connectivity index (χ1) is 14.6. The van der Waals surface area contributed by atoms with Gasteiger partial charge in [0.05, 0.1) is 30.9 Å². The van der Waals surface area contributed by atoms with Crippen molar-refractivity contribution < 1.29 is 9.47 Å². The van der Waals surface area contributed by atoms with E-state index in [1.54, 1.807) is 14.2 Å². The van der Waals surface area contributed by atoms with Crippen molar-refractivity contribution in [2.24, 2.45) is 0 Å². The molecule has 1 heterocycles. The highest BCUT2D eigenvalue weighted by atomic mass is 79.9. The average molecular weight is 463 g/mol. The topological polar surface area (TPSA) is 36.3 Å². The third-order valence-electron chi connectivity index (χ3n) is 5.03. The van der Waals surface area contributed by atoms with E-state index in [1.165, 1.54) is 11.1 Å². The highest BCUT2D eigenvalue weighted by Crippen LogP contribution is 2.38. The minimum absolute atomic E-state index is 0.662. The van der Waals surface area contributed by atoms with Crippen molar-refractivity contribution in [3.05, 3.63) is 88.4 Å². The predicted octanol–water partition coefficient (Wildman–Crippen LogP) is 6.35. The van der Waals surface area contributed by atoms with Gasteiger partial charge in [0.1, 0.15) is 17.2 Å². The van der Waals surface area contributed by atoms with E-state index in [9.17, 15) is 0 Å². The molecule has 0 fully saturated rings. The average Bonchev–Trinajstić information content (AvgIpc) is 3.11. The first-order valence-electron chi connectivity index (χ1n) is 9.69. The number of rotatable bonds is 6. The van der Waals surface area contributed by atoms with Crippen LogP contribution in [0.2, 0.25) is 0 Å². The second kappa shape index (κ2) is 8.76. The van der Waals surface area contributed by atoms with E-state index >= 15 is 0 Å². The van der Waals surface area contributed by atoms with E-state index in [2.05, 4.69) is 53.2 Å². The van der Waals surface area contributed by atoms with Gasteiger partial charge in [-0.3, -0.25) is 4.68 Å². The zero-order chi connectivity index (χ0) is 21.1. The summed E-state index contributed by atoms with van der Waals surface area (Å²) in [6.45, 7) is 2.76. The quantitative estimate of drug-likeness (QED) is 0.334. The van der Waals surface area contributed by atoms with Crippen LogP contribution < -0.4 is 9.47 Å². The maximum absolute atomic E-state index is 5.45. The molecule has 0 saturated heterocycles. The Balaban J connectivity index is 1.86. The minimum atomic E-state index is 0.662. The van der Waals surface area contributed by atoms with Crippen molar-refractivity contribution in [2.75, 3.05) is 14.2 Å². The molecule has 0 unspecified atom stereocenters. The molecule has 4 rings (SSSR count). The third kappa shape index (κ3) is 4.12. The van der Waals surface area contributed by atoms with Crippen LogP contribution in [0, 0.1) is 6.92 Å². The number of halogens is 1. The van der Waals surface area contributed by atoms with Crippen LogP contribution in [0.5, 0.6) is 11.5 Å². The number of nitrogens with zero attached hydrogens (tertiary/aromatic N) is 2. The highest BCUT2D eigenvalue weighted by Gasteiger charge is 2.20. The lowest BCUT2D eigenvalue weighted by Crippen LogP contribution is -2.04. The Morgan fingerprint density at radius 3 is 2.07 bits per heavy atom. The number of methoxy groups -OCH3 is 2. The first-order valence-corrected chi connectivity index (χ1v) is 10.5. The van der Waals surface area contributed by atoms with Crippen molar-refractivity contribution in [1.82, 2.24) is 9.78 Å². The lowest BCUT2D eigenvalue weighted by atomic mass is 10.1. The molecule has 152 valence electrons. The fourth-order valence-corrected chi connectivity index (χ4v) is 4.16. The van der Waals surface area contributed by atoms with Crippen LogP contribution in [0.4, 0.5) is 0 Å². The SMILES string of the molecule is COc1cccc(-c2nn(Cc3ccc(C)cc3)c(-c3cccc(OC)c3)c2Br)c1. The Morgan fingerprint density at radius 2 is 1.43 bits per heavy atom. The first kappa shape index (κ1) is 20.2. The summed E-state index contributed by atoms with van der Waals surface area (Å²) in [5, 5.41) is 4.98. The Hall–Kier alpha value is -3.05. The van der Waals surface area contributed by atoms with Gasteiger partial charge in [0.15, 0.2) is 0 Å². The second-order valence-corrected chi connectivity index (χ2v) is 7.91. The maximum atomic E-state index is 5.45. The van der Waals surface area contributed by atoms with Gasteiger partial charge in [0.2, 0.25) is 0 Å². The summed E-state index contributed by atoms with van der Waals surface area (Å²) >= 11 is 3.83. The molecule has 3 aromatic carbocycles. The molecule has 1 aromatic heterocycles. The molecule has 0 atom stereocenters. The molecule has 4 aromatic rings. The van der Waals surface area contributed by atoms with Crippen molar-refractivity contribution in [1.29, 1.82) is 0 Å². The fraction of sp³-hybridized carbons (Fsp3) is 0.160. The number of aryl methyl sites for hydroxylation is 1. The lowest BCUT2D eigenvalue weighted by Gasteiger charge is -2.10. The predicted molar refractivity (Wildman–Crippen MR) is 124 cm³/mol. The Morgan fingerprint density at radius 1 is 0.833 bits per heavy atom. The van der Waals surface area contributed by atoms with E-state index in [0.29, 0.717) is 6.54 Å². The van der Waals surface area contributed by atoms with Crippen LogP contribution in [0.3, 0.4) is 0 Å². The standard InChI is InChI=1S/C25H23BrN2O2/c1-17-10-12-18(13-11-17)16-28-25(20-7-5-9-22(15-20)30-3)23(26)24(27-28)19-6-4-8-21(14-19)29-2/h4-15H,16H2,1-3H3. The van der Waals surface area contributed by atoms with E-state index < -0.39 is 0 Å². The van der Waals surface area contributed by atoms with E-state index in [4.69, 9.17) is 14.6 Å². The molecule has 0 aliphatic carbocycles. The van der Waals surface area contributed by atoms with Crippen molar-refractivity contribution in [2.45, 2.75) is 13.5 Å². The minimum Gasteiger partial charge on any atom is -0.497 e. The normalized spacial score (nSPS) is 10.8. The van der Waals surface area contributed by atoms with Gasteiger partial charge in [0.25, 0.3) is 0 Å². The summed E-state index contributed by atoms with van der Waals surface area (Å²) in [4.78, 5) is 0. The molecular weight excluding hydrogens is 440 g/mol. The molecule has 0 saturated carbocycles. The van der Waals surface area contributed by atoms with Crippen molar-refractivity contribution in [3.63, 3.8) is 0 Å². The van der Waals surface area contributed by atoms with Crippen molar-refractivity contribution >= 4 is 15.9 Å². The Kier molecular flexibility index (Phi) is 5.91. The summed E-state index contributed by atoms with van der Waals surface area (Å²) < 4.78 is 13.8. The number of hydrogen-bond donors (Lipinski definition) is 0. The summed E-state index contributed by atoms with van der Waals surface area (Å²) in [5.41, 5.74) is 6.34. The molecule has 0 radical (unpaired) electrons. The van der Waals surface area contributed by atoms with Gasteiger partial charge in [-0.05, 0) is 52.7 Å². The summed E-state index contributed by atoms with van der Waals surface area (Å²) in [6.07, 6.45) is 0. The number of hydrogen-bond acceptors (Lipinski definition) is 3. The van der Waals surface area contributed by atoms with E-state index in [1.807, 2.05) is 47.1 Å². The van der Waals surface area contributed by atoms with Gasteiger partial charge in [-0.2, -0.15) is 5.10 Å². The summed E-state index contributed by atoms with van der Waals surface area (Å²) in [5.74, 6) is 1.61. The maximum Gasteiger partial charge on any atom is 0.119 e. The zero-order valence-corrected chi connectivity index (χ0v) is 18.8. The molecule has 0 spiro atoms. The lowest BCUT2D eigenvalue weighted by molar-refractivity contribution is 0.415. The molecule has 0 aliphatic rings. The van der Waals surface area contributed by atoms with Gasteiger partial charge in [-0.1, -0.05) is 54.1 Å². The molecule has 5 heteroatoms. The molecule has 0 N–H and O–H groups in total. The van der Waals surface area contributed by atoms with Crippen LogP contribution in [-0.2, 0) is 6.54 Å². The zero-order valence-electron chi connectivity index (χ0n) is 17.2. The summed E-state index contributed by atoms with van der Waals surface area (Å²) in [7, 11) is 3.35. The van der Waals surface area contributed by atoms with Crippen LogP contribution in [-0.4, -0.2) is 24.0 Å². The van der Waals surface area contributed by atoms with E-state index in [-0.39, 0.29) is 0 Å². The van der Waals surface area contributed by atoms with Crippen LogP contribution in [0.25, 0.3) is 22.5 Å². The number of ether oxygens (including phenoxy) is 2. The Bertz CT molecular complexity index is 1170. The van der Waals surface area contributed by atoms with Crippen LogP contribution in [0.1, 0.15) is 11.1 Å². The molecule has 0 aliphatic heterocycles. The molecular formula is C25H23BrN2O2. The van der Waals surface area contributed by atoms with E-state index in [0.717, 1.165) is 38.5 Å². The van der Waals surface area contributed by atoms with Gasteiger partial charge in [0, 0.05) is 11.1 Å².